The Kier molecular flexibility index (Phi) is 9.52. The summed E-state index contributed by atoms with van der Waals surface area (Å²) in [6.45, 7) is 9.90. The van der Waals surface area contributed by atoms with Crippen molar-refractivity contribution < 1.29 is 19.0 Å². The average Bonchev–Trinajstić information content (AvgIpc) is 2.77. The molecule has 2 aliphatic heterocycles. The summed E-state index contributed by atoms with van der Waals surface area (Å²) in [6, 6.07) is 6.42. The zero-order valence-electron chi connectivity index (χ0n) is 18.9. The number of amides is 1. The molecular weight excluding hydrogens is 511 g/mol. The van der Waals surface area contributed by atoms with Crippen LogP contribution in [0.4, 0.5) is 4.79 Å². The number of fused-ring (bicyclic) bond motifs is 1. The smallest absolute Gasteiger partial charge is 0.409 e. The molecule has 31 heavy (non-hydrogen) atoms. The van der Waals surface area contributed by atoms with Crippen LogP contribution in [0, 0.1) is 0 Å². The van der Waals surface area contributed by atoms with Crippen LogP contribution in [0.1, 0.15) is 39.2 Å². The number of benzene rings is 1. The normalized spacial score (nSPS) is 16.9. The maximum atomic E-state index is 11.9. The van der Waals surface area contributed by atoms with Crippen LogP contribution >= 0.6 is 24.0 Å². The van der Waals surface area contributed by atoms with Gasteiger partial charge >= 0.3 is 6.09 Å². The Labute approximate surface area is 202 Å². The third kappa shape index (κ3) is 6.78. The molecule has 1 fully saturated rings. The molecule has 0 saturated carbocycles. The molecule has 1 aromatic carbocycles. The van der Waals surface area contributed by atoms with Crippen molar-refractivity contribution in [1.29, 1.82) is 0 Å². The Morgan fingerprint density at radius 2 is 1.90 bits per heavy atom. The molecule has 1 aromatic rings. The fourth-order valence-electron chi connectivity index (χ4n) is 3.68. The monoisotopic (exact) mass is 546 g/mol. The minimum absolute atomic E-state index is 0. The Morgan fingerprint density at radius 1 is 1.23 bits per heavy atom. The summed E-state index contributed by atoms with van der Waals surface area (Å²) in [5.41, 5.74) is 1.05. The van der Waals surface area contributed by atoms with Gasteiger partial charge in [0.2, 0.25) is 0 Å². The van der Waals surface area contributed by atoms with Crippen molar-refractivity contribution in [2.45, 2.75) is 45.1 Å². The van der Waals surface area contributed by atoms with E-state index in [1.165, 1.54) is 5.56 Å². The summed E-state index contributed by atoms with van der Waals surface area (Å²) < 4.78 is 16.4. The van der Waals surface area contributed by atoms with Gasteiger partial charge < -0.3 is 29.7 Å². The number of hydrogen-bond acceptors (Lipinski definition) is 5. The molecule has 0 bridgehead atoms. The van der Waals surface area contributed by atoms with Crippen LogP contribution in [-0.4, -0.2) is 69.5 Å². The van der Waals surface area contributed by atoms with E-state index in [0.717, 1.165) is 30.3 Å². The van der Waals surface area contributed by atoms with Crippen LogP contribution in [0.2, 0.25) is 0 Å². The summed E-state index contributed by atoms with van der Waals surface area (Å²) in [5.74, 6) is 2.39. The number of halogens is 1. The SMILES string of the molecule is CCOC(=O)N1CCC(NC(=NC)NCC(C)(C)c2ccc3c(c2)OCCO3)CC1.I. The molecule has 0 aromatic heterocycles. The first-order valence-electron chi connectivity index (χ1n) is 10.7. The number of piperidine rings is 1. The molecule has 2 heterocycles. The second-order valence-corrected chi connectivity index (χ2v) is 8.27. The van der Waals surface area contributed by atoms with E-state index in [2.05, 4.69) is 41.6 Å². The van der Waals surface area contributed by atoms with E-state index in [1.54, 1.807) is 11.9 Å². The van der Waals surface area contributed by atoms with E-state index >= 15 is 0 Å². The van der Waals surface area contributed by atoms with Gasteiger partial charge in [0.25, 0.3) is 0 Å². The maximum absolute atomic E-state index is 11.9. The highest BCUT2D eigenvalue weighted by Crippen LogP contribution is 2.34. The summed E-state index contributed by atoms with van der Waals surface area (Å²) in [6.07, 6.45) is 1.51. The van der Waals surface area contributed by atoms with E-state index in [-0.39, 0.29) is 41.5 Å². The maximum Gasteiger partial charge on any atom is 0.409 e. The quantitative estimate of drug-likeness (QED) is 0.336. The first kappa shape index (κ1) is 25.4. The lowest BCUT2D eigenvalue weighted by Crippen LogP contribution is -2.51. The van der Waals surface area contributed by atoms with Crippen molar-refractivity contribution >= 4 is 36.0 Å². The number of ether oxygens (including phenoxy) is 3. The average molecular weight is 546 g/mol. The highest BCUT2D eigenvalue weighted by Gasteiger charge is 2.26. The summed E-state index contributed by atoms with van der Waals surface area (Å²) >= 11 is 0. The van der Waals surface area contributed by atoms with Crippen molar-refractivity contribution in [2.75, 3.05) is 46.5 Å². The molecule has 0 aliphatic carbocycles. The molecule has 2 aliphatic rings. The lowest BCUT2D eigenvalue weighted by atomic mass is 9.84. The molecule has 9 heteroatoms. The molecule has 2 N–H and O–H groups in total. The van der Waals surface area contributed by atoms with E-state index in [0.29, 0.717) is 39.5 Å². The predicted octanol–water partition coefficient (Wildman–Crippen LogP) is 3.14. The molecule has 1 amide bonds. The van der Waals surface area contributed by atoms with E-state index in [1.807, 2.05) is 13.0 Å². The highest BCUT2D eigenvalue weighted by molar-refractivity contribution is 14.0. The van der Waals surface area contributed by atoms with Gasteiger partial charge in [0.1, 0.15) is 13.2 Å². The lowest BCUT2D eigenvalue weighted by Gasteiger charge is -2.33. The van der Waals surface area contributed by atoms with Gasteiger partial charge in [0.15, 0.2) is 17.5 Å². The van der Waals surface area contributed by atoms with Crippen LogP contribution < -0.4 is 20.1 Å². The van der Waals surface area contributed by atoms with Gasteiger partial charge in [-0.15, -0.1) is 24.0 Å². The van der Waals surface area contributed by atoms with Crippen molar-refractivity contribution in [2.24, 2.45) is 4.99 Å². The highest BCUT2D eigenvalue weighted by atomic mass is 127. The molecule has 0 radical (unpaired) electrons. The number of guanidine groups is 1. The third-order valence-electron chi connectivity index (χ3n) is 5.61. The first-order valence-corrected chi connectivity index (χ1v) is 10.7. The summed E-state index contributed by atoms with van der Waals surface area (Å²) in [7, 11) is 1.78. The summed E-state index contributed by atoms with van der Waals surface area (Å²) in [5, 5.41) is 6.94. The fraction of sp³-hybridized carbons (Fsp3) is 0.636. The van der Waals surface area contributed by atoms with Gasteiger partial charge in [0, 0.05) is 38.1 Å². The number of nitrogens with zero attached hydrogens (tertiary/aromatic N) is 2. The molecule has 0 unspecified atom stereocenters. The van der Waals surface area contributed by atoms with Crippen LogP contribution in [0.3, 0.4) is 0 Å². The van der Waals surface area contributed by atoms with Gasteiger partial charge in [-0.25, -0.2) is 4.79 Å². The van der Waals surface area contributed by atoms with Crippen LogP contribution in [0.15, 0.2) is 23.2 Å². The zero-order valence-corrected chi connectivity index (χ0v) is 21.2. The summed E-state index contributed by atoms with van der Waals surface area (Å²) in [4.78, 5) is 18.0. The van der Waals surface area contributed by atoms with Crippen molar-refractivity contribution in [3.63, 3.8) is 0 Å². The van der Waals surface area contributed by atoms with Gasteiger partial charge in [-0.2, -0.15) is 0 Å². The largest absolute Gasteiger partial charge is 0.486 e. The second-order valence-electron chi connectivity index (χ2n) is 8.27. The van der Waals surface area contributed by atoms with E-state index in [4.69, 9.17) is 14.2 Å². The molecule has 8 nitrogen and oxygen atoms in total. The zero-order chi connectivity index (χ0) is 21.6. The number of aliphatic imine (C=N–C) groups is 1. The van der Waals surface area contributed by atoms with Crippen molar-refractivity contribution in [3.05, 3.63) is 23.8 Å². The van der Waals surface area contributed by atoms with Crippen molar-refractivity contribution in [3.8, 4) is 11.5 Å². The van der Waals surface area contributed by atoms with E-state index in [9.17, 15) is 4.79 Å². The minimum Gasteiger partial charge on any atom is -0.486 e. The number of hydrogen-bond donors (Lipinski definition) is 2. The first-order chi connectivity index (χ1) is 14.4. The minimum atomic E-state index is -0.223. The van der Waals surface area contributed by atoms with Crippen LogP contribution in [0.25, 0.3) is 0 Å². The van der Waals surface area contributed by atoms with Crippen LogP contribution in [0.5, 0.6) is 11.5 Å². The molecule has 0 atom stereocenters. The Balaban J connectivity index is 0.00000341. The Morgan fingerprint density at radius 3 is 2.55 bits per heavy atom. The molecule has 0 spiro atoms. The fourth-order valence-corrected chi connectivity index (χ4v) is 3.68. The second kappa shape index (κ2) is 11.6. The van der Waals surface area contributed by atoms with Gasteiger partial charge in [0.05, 0.1) is 6.61 Å². The standard InChI is InChI=1S/C22H34N4O4.HI/c1-5-28-21(27)26-10-8-17(9-11-26)25-20(23-4)24-15-22(2,3)16-6-7-18-19(14-16)30-13-12-29-18;/h6-7,14,17H,5,8-13,15H2,1-4H3,(H2,23,24,25);1H. The third-order valence-corrected chi connectivity index (χ3v) is 5.61. The number of carbonyl (C=O) groups is 1. The number of carbonyl (C=O) groups excluding carboxylic acids is 1. The molecule has 1 saturated heterocycles. The van der Waals surface area contributed by atoms with E-state index < -0.39 is 0 Å². The Bertz CT molecular complexity index is 764. The number of nitrogens with one attached hydrogen (secondary N) is 2. The van der Waals surface area contributed by atoms with Crippen molar-refractivity contribution in [1.82, 2.24) is 15.5 Å². The lowest BCUT2D eigenvalue weighted by molar-refractivity contribution is 0.0963. The topological polar surface area (TPSA) is 84.4 Å². The number of rotatable bonds is 5. The Hall–Kier alpha value is -1.91. The predicted molar refractivity (Wildman–Crippen MR) is 132 cm³/mol. The van der Waals surface area contributed by atoms with Gasteiger partial charge in [-0.1, -0.05) is 19.9 Å². The molecular formula is C22H35IN4O4. The van der Waals surface area contributed by atoms with Gasteiger partial charge in [-0.05, 0) is 37.5 Å². The molecule has 174 valence electrons. The number of likely N-dealkylation sites (tertiary alicyclic amines) is 1. The van der Waals surface area contributed by atoms with Crippen LogP contribution in [-0.2, 0) is 10.2 Å². The molecule has 3 rings (SSSR count). The van der Waals surface area contributed by atoms with Gasteiger partial charge in [-0.3, -0.25) is 4.99 Å².